The maximum atomic E-state index is 13.1. The number of likely N-dealkylation sites (N-methyl/N-ethyl adjacent to an activating group) is 1. The van der Waals surface area contributed by atoms with Crippen LogP contribution in [0.3, 0.4) is 0 Å². The number of anilines is 1. The summed E-state index contributed by atoms with van der Waals surface area (Å²) in [5, 5.41) is 3.31. The number of benzene rings is 1. The van der Waals surface area contributed by atoms with Crippen LogP contribution in [0.4, 0.5) is 9.52 Å². The Balaban J connectivity index is 1.56. The van der Waals surface area contributed by atoms with Crippen LogP contribution in [0.15, 0.2) is 12.1 Å². The molecule has 1 aliphatic rings. The minimum absolute atomic E-state index is 0.0755. The third-order valence-electron chi connectivity index (χ3n) is 3.81. The van der Waals surface area contributed by atoms with Gasteiger partial charge in [0.15, 0.2) is 5.13 Å². The number of thiazole rings is 1. The van der Waals surface area contributed by atoms with Crippen LogP contribution in [0.2, 0.25) is 0 Å². The fourth-order valence-electron chi connectivity index (χ4n) is 2.53. The van der Waals surface area contributed by atoms with E-state index in [1.165, 1.54) is 17.4 Å². The maximum Gasteiger partial charge on any atom is 0.240 e. The number of amides is 1. The monoisotopic (exact) mass is 321 g/mol. The van der Waals surface area contributed by atoms with Gasteiger partial charge in [0.05, 0.1) is 16.8 Å². The number of piperazine rings is 1. The Labute approximate surface area is 132 Å². The molecule has 0 atom stereocenters. The van der Waals surface area contributed by atoms with Crippen molar-refractivity contribution in [1.82, 2.24) is 14.8 Å². The fraction of sp³-hybridized carbons (Fsp3) is 0.467. The molecule has 5 nitrogen and oxygen atoms in total. The van der Waals surface area contributed by atoms with E-state index >= 15 is 0 Å². The number of aromatic nitrogens is 1. The van der Waals surface area contributed by atoms with Gasteiger partial charge in [0.1, 0.15) is 5.82 Å². The van der Waals surface area contributed by atoms with E-state index in [2.05, 4.69) is 33.1 Å². The zero-order chi connectivity index (χ0) is 15.5. The molecule has 1 amide bonds. The van der Waals surface area contributed by atoms with E-state index in [-0.39, 0.29) is 5.91 Å². The molecule has 1 saturated heterocycles. The van der Waals surface area contributed by atoms with E-state index in [1.807, 2.05) is 0 Å². The van der Waals surface area contributed by atoms with Crippen LogP contribution in [0.25, 0.3) is 10.2 Å². The van der Waals surface area contributed by atoms with Crippen molar-refractivity contribution in [2.45, 2.75) is 6.92 Å². The lowest BCUT2D eigenvalue weighted by Crippen LogP contribution is -2.48. The van der Waals surface area contributed by atoms with Crippen molar-refractivity contribution in [3.8, 4) is 0 Å². The minimum Gasteiger partial charge on any atom is -0.301 e. The summed E-state index contributed by atoms with van der Waals surface area (Å²) in [6.45, 7) is 7.38. The van der Waals surface area contributed by atoms with Crippen molar-refractivity contribution in [3.05, 3.63) is 24.0 Å². The topological polar surface area (TPSA) is 48.5 Å². The molecule has 2 heterocycles. The summed E-state index contributed by atoms with van der Waals surface area (Å²) in [6, 6.07) is 5.38. The Bertz CT molecular complexity index is 667. The Kier molecular flexibility index (Phi) is 4.66. The van der Waals surface area contributed by atoms with Gasteiger partial charge >= 0.3 is 0 Å². The summed E-state index contributed by atoms with van der Waals surface area (Å²) < 4.78 is 13.9. The normalized spacial score (nSPS) is 17.0. The first-order valence-corrected chi connectivity index (χ1v) is 8.18. The molecule has 1 aliphatic heterocycles. The maximum absolute atomic E-state index is 13.1. The van der Waals surface area contributed by atoms with Gasteiger partial charge in [-0.1, -0.05) is 18.3 Å². The predicted octanol–water partition coefficient (Wildman–Crippen LogP) is 1.81. The van der Waals surface area contributed by atoms with Gasteiger partial charge in [0.2, 0.25) is 5.91 Å². The Morgan fingerprint density at radius 2 is 2.14 bits per heavy atom. The molecule has 1 N–H and O–H groups in total. The number of fused-ring (bicyclic) bond motifs is 1. The van der Waals surface area contributed by atoms with E-state index in [1.54, 1.807) is 6.07 Å². The third kappa shape index (κ3) is 3.60. The number of hydrogen-bond acceptors (Lipinski definition) is 5. The van der Waals surface area contributed by atoms with E-state index < -0.39 is 5.82 Å². The van der Waals surface area contributed by atoms with Crippen molar-refractivity contribution >= 4 is 32.6 Å². The zero-order valence-electron chi connectivity index (χ0n) is 12.4. The highest BCUT2D eigenvalue weighted by atomic mass is 32.1. The van der Waals surface area contributed by atoms with Crippen molar-refractivity contribution in [2.75, 3.05) is 44.6 Å². The average molecular weight is 321 g/mol. The highest BCUT2D eigenvalue weighted by molar-refractivity contribution is 7.22. The Morgan fingerprint density at radius 3 is 2.86 bits per heavy atom. The van der Waals surface area contributed by atoms with Crippen molar-refractivity contribution < 1.29 is 9.18 Å². The van der Waals surface area contributed by atoms with Crippen LogP contribution in [0.1, 0.15) is 6.92 Å². The largest absolute Gasteiger partial charge is 0.301 e. The van der Waals surface area contributed by atoms with Crippen LogP contribution in [-0.4, -0.2) is 60.0 Å². The number of nitrogens with zero attached hydrogens (tertiary/aromatic N) is 3. The molecule has 0 unspecified atom stereocenters. The van der Waals surface area contributed by atoms with Crippen LogP contribution >= 0.6 is 11.3 Å². The van der Waals surface area contributed by atoms with Crippen molar-refractivity contribution in [3.63, 3.8) is 0 Å². The predicted molar refractivity (Wildman–Crippen MR) is 85.6 cm³/mol. The molecular weight excluding hydrogens is 303 g/mol. The third-order valence-corrected chi connectivity index (χ3v) is 4.74. The van der Waals surface area contributed by atoms with Gasteiger partial charge in [-0.15, -0.1) is 0 Å². The fourth-order valence-corrected chi connectivity index (χ4v) is 3.37. The Hall–Kier alpha value is -1.57. The molecule has 3 rings (SSSR count). The molecular formula is C15H18FN4OS. The second kappa shape index (κ2) is 6.68. The van der Waals surface area contributed by atoms with Gasteiger partial charge in [-0.3, -0.25) is 9.69 Å². The lowest BCUT2D eigenvalue weighted by atomic mass is 10.3. The molecule has 1 aromatic heterocycles. The quantitative estimate of drug-likeness (QED) is 0.933. The molecule has 0 bridgehead atoms. The number of hydrogen-bond donors (Lipinski definition) is 1. The second-order valence-electron chi connectivity index (χ2n) is 5.31. The van der Waals surface area contributed by atoms with Gasteiger partial charge < -0.3 is 10.2 Å². The number of rotatable bonds is 4. The van der Waals surface area contributed by atoms with Crippen LogP contribution in [0.5, 0.6) is 0 Å². The molecule has 7 heteroatoms. The van der Waals surface area contributed by atoms with Gasteiger partial charge in [0.25, 0.3) is 0 Å². The SMILES string of the molecule is CCN1CCN(CC(=O)Nc2nc3cc(F)[c]cc3s2)CC1. The van der Waals surface area contributed by atoms with Crippen LogP contribution < -0.4 is 5.32 Å². The Morgan fingerprint density at radius 1 is 1.41 bits per heavy atom. The minimum atomic E-state index is -0.440. The summed E-state index contributed by atoms with van der Waals surface area (Å²) >= 11 is 1.33. The van der Waals surface area contributed by atoms with E-state index in [4.69, 9.17) is 0 Å². The number of halogens is 1. The zero-order valence-corrected chi connectivity index (χ0v) is 13.2. The molecule has 1 radical (unpaired) electrons. The van der Waals surface area contributed by atoms with Crippen LogP contribution in [0, 0.1) is 11.9 Å². The standard InChI is InChI=1S/C15H18FN4OS/c1-2-19-5-7-20(8-6-19)10-14(21)18-15-17-12-9-11(16)3-4-13(12)22-15/h4,9H,2,5-8,10H2,1H3,(H,17,18,21). The van der Waals surface area contributed by atoms with Crippen LogP contribution in [-0.2, 0) is 4.79 Å². The highest BCUT2D eigenvalue weighted by Gasteiger charge is 2.18. The smallest absolute Gasteiger partial charge is 0.240 e. The lowest BCUT2D eigenvalue weighted by Gasteiger charge is -2.33. The van der Waals surface area contributed by atoms with E-state index in [9.17, 15) is 9.18 Å². The summed E-state index contributed by atoms with van der Waals surface area (Å²) in [7, 11) is 0. The van der Waals surface area contributed by atoms with E-state index in [0.717, 1.165) is 37.4 Å². The molecule has 2 aromatic rings. The van der Waals surface area contributed by atoms with E-state index in [0.29, 0.717) is 17.2 Å². The average Bonchev–Trinajstić information content (AvgIpc) is 2.89. The number of carbonyl (C=O) groups excluding carboxylic acids is 1. The van der Waals surface area contributed by atoms with Gasteiger partial charge in [-0.05, 0) is 12.6 Å². The summed E-state index contributed by atoms with van der Waals surface area (Å²) in [5.41, 5.74) is 0.549. The summed E-state index contributed by atoms with van der Waals surface area (Å²) in [6.07, 6.45) is 0. The summed E-state index contributed by atoms with van der Waals surface area (Å²) in [5.74, 6) is -0.516. The number of carbonyl (C=O) groups is 1. The van der Waals surface area contributed by atoms with Crippen molar-refractivity contribution in [1.29, 1.82) is 0 Å². The molecule has 1 aromatic carbocycles. The lowest BCUT2D eigenvalue weighted by molar-refractivity contribution is -0.117. The second-order valence-corrected chi connectivity index (χ2v) is 6.34. The number of nitrogens with one attached hydrogen (secondary N) is 1. The summed E-state index contributed by atoms with van der Waals surface area (Å²) in [4.78, 5) is 20.8. The van der Waals surface area contributed by atoms with Gasteiger partial charge in [-0.2, -0.15) is 0 Å². The molecule has 0 saturated carbocycles. The molecule has 22 heavy (non-hydrogen) atoms. The first-order valence-electron chi connectivity index (χ1n) is 7.36. The molecule has 0 spiro atoms. The molecule has 117 valence electrons. The first kappa shape index (κ1) is 15.3. The molecule has 1 fully saturated rings. The van der Waals surface area contributed by atoms with Gasteiger partial charge in [0, 0.05) is 38.3 Å². The first-order chi connectivity index (χ1) is 10.6. The molecule has 0 aliphatic carbocycles. The highest BCUT2D eigenvalue weighted by Crippen LogP contribution is 2.26. The van der Waals surface area contributed by atoms with Gasteiger partial charge in [-0.25, -0.2) is 9.37 Å². The van der Waals surface area contributed by atoms with Crippen molar-refractivity contribution in [2.24, 2.45) is 0 Å².